The van der Waals surface area contributed by atoms with Crippen LogP contribution in [0.2, 0.25) is 5.02 Å². The van der Waals surface area contributed by atoms with Crippen LogP contribution in [0.3, 0.4) is 0 Å². The number of hydrogen-bond acceptors (Lipinski definition) is 5. The van der Waals surface area contributed by atoms with E-state index in [4.69, 9.17) is 16.3 Å². The maximum atomic E-state index is 12.9. The fraction of sp³-hybridized carbons (Fsp3) is 0.310. The van der Waals surface area contributed by atoms with Crippen molar-refractivity contribution in [2.24, 2.45) is 5.92 Å². The molecule has 1 N–H and O–H groups in total. The molecule has 9 heteroatoms. The van der Waals surface area contributed by atoms with Crippen LogP contribution in [0.25, 0.3) is 11.0 Å². The normalized spacial score (nSPS) is 14.2. The minimum absolute atomic E-state index is 0.0312. The van der Waals surface area contributed by atoms with Gasteiger partial charge in [0.2, 0.25) is 0 Å². The van der Waals surface area contributed by atoms with E-state index in [-0.39, 0.29) is 10.5 Å². The van der Waals surface area contributed by atoms with Crippen LogP contribution < -0.4 is 9.46 Å². The third-order valence-electron chi connectivity index (χ3n) is 7.07. The predicted octanol–water partition coefficient (Wildman–Crippen LogP) is 6.04. The molecule has 5 rings (SSSR count). The molecule has 38 heavy (non-hydrogen) atoms. The number of aryl methyl sites for hydroxylation is 2. The largest absolute Gasteiger partial charge is 0.493 e. The molecular formula is C29H30ClN3O4S. The predicted molar refractivity (Wildman–Crippen MR) is 148 cm³/mol. The molecule has 198 valence electrons. The van der Waals surface area contributed by atoms with E-state index in [1.165, 1.54) is 37.8 Å². The second-order valence-corrected chi connectivity index (χ2v) is 12.0. The summed E-state index contributed by atoms with van der Waals surface area (Å²) in [4.78, 5) is 17.6. The Labute approximate surface area is 227 Å². The van der Waals surface area contributed by atoms with E-state index < -0.39 is 15.9 Å². The molecule has 0 bridgehead atoms. The summed E-state index contributed by atoms with van der Waals surface area (Å²) in [5.41, 5.74) is 3.44. The lowest BCUT2D eigenvalue weighted by Gasteiger charge is -2.14. The zero-order chi connectivity index (χ0) is 26.9. The quantitative estimate of drug-likeness (QED) is 0.288. The molecular weight excluding hydrogens is 522 g/mol. The Morgan fingerprint density at radius 2 is 1.79 bits per heavy atom. The topological polar surface area (TPSA) is 90.3 Å². The van der Waals surface area contributed by atoms with Gasteiger partial charge in [-0.3, -0.25) is 4.79 Å². The highest BCUT2D eigenvalue weighted by Gasteiger charge is 2.20. The molecule has 1 heterocycles. The summed E-state index contributed by atoms with van der Waals surface area (Å²) in [6.07, 6.45) is 4.99. The Balaban J connectivity index is 1.35. The minimum atomic E-state index is -4.00. The van der Waals surface area contributed by atoms with Crippen molar-refractivity contribution in [2.45, 2.75) is 51.0 Å². The van der Waals surface area contributed by atoms with Gasteiger partial charge in [-0.25, -0.2) is 18.1 Å². The number of nitrogens with zero attached hydrogens (tertiary/aromatic N) is 2. The van der Waals surface area contributed by atoms with Gasteiger partial charge in [0.1, 0.15) is 11.6 Å². The van der Waals surface area contributed by atoms with Crippen LogP contribution in [0.1, 0.15) is 53.0 Å². The fourth-order valence-electron chi connectivity index (χ4n) is 4.85. The SMILES string of the molecule is Cc1ccc(S(=O)(=O)NC(=O)c2ccc3nc(C)n(Cc4ccc(OCC5CCCC5)cc4Cl)c3c2)cc1. The molecule has 0 atom stereocenters. The second-order valence-electron chi connectivity index (χ2n) is 9.91. The number of fused-ring (bicyclic) bond motifs is 1. The van der Waals surface area contributed by atoms with Gasteiger partial charge in [-0.2, -0.15) is 0 Å². The lowest BCUT2D eigenvalue weighted by molar-refractivity contribution is 0.0981. The number of ether oxygens (including phenoxy) is 1. The summed E-state index contributed by atoms with van der Waals surface area (Å²) in [6.45, 7) is 4.90. The Morgan fingerprint density at radius 1 is 1.05 bits per heavy atom. The number of benzene rings is 3. The van der Waals surface area contributed by atoms with Crippen molar-refractivity contribution < 1.29 is 17.9 Å². The average Bonchev–Trinajstić information content (AvgIpc) is 3.51. The van der Waals surface area contributed by atoms with Crippen molar-refractivity contribution in [3.05, 3.63) is 88.2 Å². The van der Waals surface area contributed by atoms with Gasteiger partial charge in [-0.1, -0.05) is 48.2 Å². The van der Waals surface area contributed by atoms with E-state index in [0.29, 0.717) is 35.1 Å². The zero-order valence-electron chi connectivity index (χ0n) is 21.4. The third kappa shape index (κ3) is 5.71. The number of aromatic nitrogens is 2. The number of sulfonamides is 1. The molecule has 3 aromatic carbocycles. The third-order valence-corrected chi connectivity index (χ3v) is 8.77. The Bertz CT molecular complexity index is 1590. The summed E-state index contributed by atoms with van der Waals surface area (Å²) >= 11 is 6.62. The number of imidazole rings is 1. The van der Waals surface area contributed by atoms with Crippen LogP contribution in [0.4, 0.5) is 0 Å². The van der Waals surface area contributed by atoms with Crippen LogP contribution in [-0.4, -0.2) is 30.5 Å². The highest BCUT2D eigenvalue weighted by atomic mass is 35.5. The number of carbonyl (C=O) groups is 1. The number of rotatable bonds is 8. The molecule has 0 unspecified atom stereocenters. The molecule has 1 amide bonds. The van der Waals surface area contributed by atoms with Crippen molar-refractivity contribution in [2.75, 3.05) is 6.61 Å². The standard InChI is InChI=1S/C29H30ClN3O4S/c1-19-7-12-25(13-8-19)38(35,36)32-29(34)22-10-14-27-28(15-22)33(20(2)31-27)17-23-9-11-24(16-26(23)30)37-18-21-5-3-4-6-21/h7-16,21H,3-6,17-18H2,1-2H3,(H,32,34). The maximum Gasteiger partial charge on any atom is 0.265 e. The lowest BCUT2D eigenvalue weighted by atomic mass is 10.1. The van der Waals surface area contributed by atoms with Gasteiger partial charge in [0.15, 0.2) is 0 Å². The van der Waals surface area contributed by atoms with Gasteiger partial charge in [0, 0.05) is 10.6 Å². The molecule has 0 aliphatic heterocycles. The molecule has 1 saturated carbocycles. The molecule has 7 nitrogen and oxygen atoms in total. The second kappa shape index (κ2) is 10.8. The first-order valence-corrected chi connectivity index (χ1v) is 14.6. The highest BCUT2D eigenvalue weighted by Crippen LogP contribution is 2.29. The van der Waals surface area contributed by atoms with Gasteiger partial charge >= 0.3 is 0 Å². The Kier molecular flexibility index (Phi) is 7.45. The number of halogens is 1. The Hall–Kier alpha value is -3.36. The molecule has 1 fully saturated rings. The molecule has 0 radical (unpaired) electrons. The lowest BCUT2D eigenvalue weighted by Crippen LogP contribution is -2.30. The molecule has 0 saturated heterocycles. The van der Waals surface area contributed by atoms with Gasteiger partial charge in [0.05, 0.1) is 29.1 Å². The van der Waals surface area contributed by atoms with E-state index in [1.54, 1.807) is 30.3 Å². The van der Waals surface area contributed by atoms with Gasteiger partial charge in [-0.15, -0.1) is 0 Å². The number of amides is 1. The number of nitrogens with one attached hydrogen (secondary N) is 1. The minimum Gasteiger partial charge on any atom is -0.493 e. The number of carbonyl (C=O) groups excluding carboxylic acids is 1. The van der Waals surface area contributed by atoms with Crippen LogP contribution in [0, 0.1) is 19.8 Å². The summed E-state index contributed by atoms with van der Waals surface area (Å²) in [5.74, 6) is 1.42. The number of hydrogen-bond donors (Lipinski definition) is 1. The first-order chi connectivity index (χ1) is 18.2. The smallest absolute Gasteiger partial charge is 0.265 e. The van der Waals surface area contributed by atoms with E-state index in [2.05, 4.69) is 9.71 Å². The first-order valence-electron chi connectivity index (χ1n) is 12.7. The van der Waals surface area contributed by atoms with E-state index in [1.807, 2.05) is 36.6 Å². The summed E-state index contributed by atoms with van der Waals surface area (Å²) in [5, 5.41) is 0.591. The summed E-state index contributed by atoms with van der Waals surface area (Å²) in [7, 11) is -4.00. The van der Waals surface area contributed by atoms with Gasteiger partial charge in [-0.05, 0) is 80.6 Å². The van der Waals surface area contributed by atoms with E-state index in [0.717, 1.165) is 22.7 Å². The van der Waals surface area contributed by atoms with Crippen molar-refractivity contribution in [1.29, 1.82) is 0 Å². The molecule has 1 aromatic heterocycles. The van der Waals surface area contributed by atoms with Crippen molar-refractivity contribution in [3.63, 3.8) is 0 Å². The maximum absolute atomic E-state index is 12.9. The van der Waals surface area contributed by atoms with Crippen molar-refractivity contribution >= 4 is 38.6 Å². The van der Waals surface area contributed by atoms with Crippen molar-refractivity contribution in [3.8, 4) is 5.75 Å². The van der Waals surface area contributed by atoms with E-state index >= 15 is 0 Å². The van der Waals surface area contributed by atoms with Crippen LogP contribution in [-0.2, 0) is 16.6 Å². The fourth-order valence-corrected chi connectivity index (χ4v) is 6.05. The van der Waals surface area contributed by atoms with Gasteiger partial charge in [0.25, 0.3) is 15.9 Å². The molecule has 4 aromatic rings. The zero-order valence-corrected chi connectivity index (χ0v) is 23.0. The van der Waals surface area contributed by atoms with Gasteiger partial charge < -0.3 is 9.30 Å². The van der Waals surface area contributed by atoms with Crippen LogP contribution in [0.5, 0.6) is 5.75 Å². The first kappa shape index (κ1) is 26.3. The monoisotopic (exact) mass is 551 g/mol. The summed E-state index contributed by atoms with van der Waals surface area (Å²) < 4.78 is 35.5. The highest BCUT2D eigenvalue weighted by molar-refractivity contribution is 7.90. The van der Waals surface area contributed by atoms with Crippen molar-refractivity contribution in [1.82, 2.24) is 14.3 Å². The van der Waals surface area contributed by atoms with Crippen LogP contribution in [0.15, 0.2) is 65.6 Å². The van der Waals surface area contributed by atoms with E-state index in [9.17, 15) is 13.2 Å². The Morgan fingerprint density at radius 3 is 2.50 bits per heavy atom. The van der Waals surface area contributed by atoms with Crippen LogP contribution >= 0.6 is 11.6 Å². The molecule has 1 aliphatic carbocycles. The summed E-state index contributed by atoms with van der Waals surface area (Å²) in [6, 6.07) is 17.0. The molecule has 1 aliphatic rings. The molecule has 0 spiro atoms. The average molecular weight is 552 g/mol.